The van der Waals surface area contributed by atoms with Crippen LogP contribution in [0.5, 0.6) is 5.75 Å². The van der Waals surface area contributed by atoms with E-state index in [1.165, 1.54) is 19.2 Å². The second-order valence-electron chi connectivity index (χ2n) is 5.29. The number of hydrogen-bond acceptors (Lipinski definition) is 5. The number of nitrogens with one attached hydrogen (secondary N) is 1. The summed E-state index contributed by atoms with van der Waals surface area (Å²) in [6.07, 6.45) is 0. The van der Waals surface area contributed by atoms with Crippen molar-refractivity contribution in [1.29, 1.82) is 0 Å². The molecule has 0 fully saturated rings. The van der Waals surface area contributed by atoms with Crippen LogP contribution in [0.4, 0.5) is 10.3 Å². The van der Waals surface area contributed by atoms with Crippen LogP contribution in [-0.4, -0.2) is 25.2 Å². The molecule has 2 N–H and O–H groups in total. The van der Waals surface area contributed by atoms with Crippen LogP contribution in [0.15, 0.2) is 52.9 Å². The van der Waals surface area contributed by atoms with Crippen molar-refractivity contribution >= 4 is 11.9 Å². The maximum Gasteiger partial charge on any atom is 0.337 e. The van der Waals surface area contributed by atoms with E-state index < -0.39 is 11.8 Å². The van der Waals surface area contributed by atoms with Gasteiger partial charge in [0.15, 0.2) is 11.5 Å². The molecule has 0 spiro atoms. The van der Waals surface area contributed by atoms with Gasteiger partial charge in [-0.1, -0.05) is 30.3 Å². The van der Waals surface area contributed by atoms with E-state index in [-0.39, 0.29) is 34.1 Å². The molecule has 1 aromatic heterocycles. The van der Waals surface area contributed by atoms with Crippen molar-refractivity contribution in [3.8, 4) is 28.2 Å². The molecule has 0 unspecified atom stereocenters. The first-order valence-electron chi connectivity index (χ1n) is 7.54. The predicted octanol–water partition coefficient (Wildman–Crippen LogP) is 4.29. The van der Waals surface area contributed by atoms with E-state index in [2.05, 4.69) is 10.1 Å². The molecule has 0 atom stereocenters. The number of carbonyl (C=O) groups excluding carboxylic acids is 1. The molecule has 0 aliphatic rings. The Morgan fingerprint density at radius 2 is 1.92 bits per heavy atom. The molecular weight excluding hydrogens is 325 g/mol. The van der Waals surface area contributed by atoms with Gasteiger partial charge in [-0.15, -0.1) is 0 Å². The van der Waals surface area contributed by atoms with Gasteiger partial charge in [0.25, 0.3) is 0 Å². The topological polar surface area (TPSA) is 71.7 Å². The Bertz CT molecular complexity index is 919. The molecule has 2 aromatic carbocycles. The van der Waals surface area contributed by atoms with Crippen molar-refractivity contribution in [2.75, 3.05) is 19.5 Å². The lowest BCUT2D eigenvalue weighted by atomic mass is 10.0. The summed E-state index contributed by atoms with van der Waals surface area (Å²) >= 11 is 0. The number of anilines is 1. The monoisotopic (exact) mass is 341 g/mol. The minimum atomic E-state index is -0.599. The highest BCUT2D eigenvalue weighted by atomic mass is 19.1. The van der Waals surface area contributed by atoms with Gasteiger partial charge in [0.2, 0.25) is 5.88 Å². The summed E-state index contributed by atoms with van der Waals surface area (Å²) in [6.45, 7) is 0. The zero-order valence-corrected chi connectivity index (χ0v) is 13.7. The number of benzene rings is 2. The molecule has 0 saturated carbocycles. The maximum atomic E-state index is 14.4. The summed E-state index contributed by atoms with van der Waals surface area (Å²) in [7, 11) is 2.84. The number of methoxy groups -OCH3 is 1. The zero-order valence-electron chi connectivity index (χ0n) is 13.7. The highest BCUT2D eigenvalue weighted by molar-refractivity contribution is 5.94. The lowest BCUT2D eigenvalue weighted by Gasteiger charge is -2.07. The smallest absolute Gasteiger partial charge is 0.337 e. The maximum absolute atomic E-state index is 14.4. The van der Waals surface area contributed by atoms with Gasteiger partial charge in [-0.05, 0) is 18.2 Å². The van der Waals surface area contributed by atoms with E-state index in [0.29, 0.717) is 5.56 Å². The molecule has 3 rings (SSSR count). The van der Waals surface area contributed by atoms with Crippen LogP contribution >= 0.6 is 0 Å². The van der Waals surface area contributed by atoms with Gasteiger partial charge in [-0.25, -0.2) is 9.18 Å². The summed E-state index contributed by atoms with van der Waals surface area (Å²) in [4.78, 5) is 11.7. The summed E-state index contributed by atoms with van der Waals surface area (Å²) in [5, 5.41) is 13.4. The molecule has 0 radical (unpaired) electrons. The van der Waals surface area contributed by atoms with Crippen LogP contribution in [-0.2, 0) is 4.74 Å². The lowest BCUT2D eigenvalue weighted by molar-refractivity contribution is 0.0600. The first kappa shape index (κ1) is 16.6. The summed E-state index contributed by atoms with van der Waals surface area (Å²) < 4.78 is 24.7. The Balaban J connectivity index is 2.21. The lowest BCUT2D eigenvalue weighted by Crippen LogP contribution is -2.02. The summed E-state index contributed by atoms with van der Waals surface area (Å²) in [5.74, 6) is -1.00. The molecular formula is C19H16FNO4. The van der Waals surface area contributed by atoms with Crippen molar-refractivity contribution in [3.05, 3.63) is 59.9 Å². The average molecular weight is 341 g/mol. The van der Waals surface area contributed by atoms with E-state index in [9.17, 15) is 14.3 Å². The number of hydrogen-bond donors (Lipinski definition) is 2. The van der Waals surface area contributed by atoms with Gasteiger partial charge in [-0.3, -0.25) is 0 Å². The van der Waals surface area contributed by atoms with Crippen LogP contribution in [0.25, 0.3) is 22.5 Å². The van der Waals surface area contributed by atoms with Crippen molar-refractivity contribution < 1.29 is 23.4 Å². The second kappa shape index (κ2) is 6.68. The molecule has 3 aromatic rings. The fourth-order valence-electron chi connectivity index (χ4n) is 2.60. The third-order valence-electron chi connectivity index (χ3n) is 3.80. The Hall–Kier alpha value is -3.28. The molecule has 1 heterocycles. The Morgan fingerprint density at radius 3 is 2.56 bits per heavy atom. The van der Waals surface area contributed by atoms with Crippen molar-refractivity contribution in [1.82, 2.24) is 0 Å². The van der Waals surface area contributed by atoms with Crippen LogP contribution in [0.2, 0.25) is 0 Å². The number of furan rings is 1. The van der Waals surface area contributed by atoms with Gasteiger partial charge >= 0.3 is 5.97 Å². The molecule has 25 heavy (non-hydrogen) atoms. The Morgan fingerprint density at radius 1 is 1.20 bits per heavy atom. The number of aromatic hydroxyl groups is 1. The SMILES string of the molecule is CNc1oc(-c2ccccc2)c(O)c1-c1cc(C(=O)OC)ccc1F. The largest absolute Gasteiger partial charge is 0.504 e. The fourth-order valence-corrected chi connectivity index (χ4v) is 2.60. The quantitative estimate of drug-likeness (QED) is 0.693. The van der Waals surface area contributed by atoms with Gasteiger partial charge in [0.05, 0.1) is 18.2 Å². The Labute approximate surface area is 143 Å². The molecule has 5 nitrogen and oxygen atoms in total. The molecule has 0 aliphatic heterocycles. The van der Waals surface area contributed by atoms with Gasteiger partial charge in [0, 0.05) is 18.2 Å². The van der Waals surface area contributed by atoms with Crippen LogP contribution in [0.3, 0.4) is 0 Å². The number of ether oxygens (including phenoxy) is 1. The van der Waals surface area contributed by atoms with Gasteiger partial charge < -0.3 is 19.6 Å². The van der Waals surface area contributed by atoms with Gasteiger partial charge in [0.1, 0.15) is 5.82 Å². The first-order chi connectivity index (χ1) is 12.1. The number of esters is 1. The predicted molar refractivity (Wildman–Crippen MR) is 92.1 cm³/mol. The zero-order chi connectivity index (χ0) is 18.0. The Kier molecular flexibility index (Phi) is 4.43. The summed E-state index contributed by atoms with van der Waals surface area (Å²) in [6, 6.07) is 12.8. The molecule has 0 bridgehead atoms. The minimum absolute atomic E-state index is 0.0377. The molecule has 0 amide bonds. The standard InChI is InChI=1S/C19H16FNO4/c1-21-18-15(13-10-12(19(23)24-2)8-9-14(13)20)16(22)17(25-18)11-6-4-3-5-7-11/h3-10,21-22H,1-2H3. The van der Waals surface area contributed by atoms with Crippen LogP contribution < -0.4 is 5.32 Å². The highest BCUT2D eigenvalue weighted by Crippen LogP contribution is 2.46. The van der Waals surface area contributed by atoms with E-state index >= 15 is 0 Å². The van der Waals surface area contributed by atoms with Crippen molar-refractivity contribution in [2.24, 2.45) is 0 Å². The van der Waals surface area contributed by atoms with Crippen molar-refractivity contribution in [3.63, 3.8) is 0 Å². The number of carbonyl (C=O) groups is 1. The van der Waals surface area contributed by atoms with E-state index in [4.69, 9.17) is 4.42 Å². The van der Waals surface area contributed by atoms with Gasteiger partial charge in [-0.2, -0.15) is 0 Å². The van der Waals surface area contributed by atoms with E-state index in [1.54, 1.807) is 31.3 Å². The highest BCUT2D eigenvalue weighted by Gasteiger charge is 2.25. The number of halogens is 1. The first-order valence-corrected chi connectivity index (χ1v) is 7.54. The van der Waals surface area contributed by atoms with Crippen LogP contribution in [0.1, 0.15) is 10.4 Å². The second-order valence-corrected chi connectivity index (χ2v) is 5.29. The third-order valence-corrected chi connectivity index (χ3v) is 3.80. The van der Waals surface area contributed by atoms with E-state index in [0.717, 1.165) is 6.07 Å². The van der Waals surface area contributed by atoms with Crippen LogP contribution in [0, 0.1) is 5.82 Å². The summed E-state index contributed by atoms with van der Waals surface area (Å²) in [5.41, 5.74) is 0.996. The molecule has 0 aliphatic carbocycles. The molecule has 6 heteroatoms. The van der Waals surface area contributed by atoms with Crippen molar-refractivity contribution in [2.45, 2.75) is 0 Å². The molecule has 128 valence electrons. The van der Waals surface area contributed by atoms with E-state index in [1.807, 2.05) is 6.07 Å². The average Bonchev–Trinajstić information content (AvgIpc) is 2.98. The number of rotatable bonds is 4. The third kappa shape index (κ3) is 2.94. The minimum Gasteiger partial charge on any atom is -0.504 e. The molecule has 0 saturated heterocycles. The fraction of sp³-hybridized carbons (Fsp3) is 0.105. The normalized spacial score (nSPS) is 10.5.